The van der Waals surface area contributed by atoms with Crippen LogP contribution in [-0.2, 0) is 11.3 Å². The number of nitrogens with one attached hydrogen (secondary N) is 1. The average molecular weight is 462 g/mol. The molecule has 1 atom stereocenters. The zero-order chi connectivity index (χ0) is 17.2. The zero-order valence-corrected chi connectivity index (χ0v) is 17.6. The predicted molar refractivity (Wildman–Crippen MR) is 113 cm³/mol. The van der Waals surface area contributed by atoms with Crippen LogP contribution in [0, 0.1) is 0 Å². The van der Waals surface area contributed by atoms with E-state index in [9.17, 15) is 0 Å². The third-order valence-corrected chi connectivity index (χ3v) is 4.34. The van der Waals surface area contributed by atoms with Gasteiger partial charge in [-0.25, -0.2) is 4.99 Å². The Balaban J connectivity index is 0.00000312. The smallest absolute Gasteiger partial charge is 0.188 e. The number of guanidine groups is 1. The summed E-state index contributed by atoms with van der Waals surface area (Å²) < 4.78 is 10.5. The number of aliphatic imine (C=N–C) groups is 1. The molecule has 1 aromatic rings. The summed E-state index contributed by atoms with van der Waals surface area (Å²) in [7, 11) is 1.66. The van der Waals surface area contributed by atoms with Gasteiger partial charge < -0.3 is 20.5 Å². The molecule has 6 nitrogen and oxygen atoms in total. The number of benzene rings is 1. The molecular formula is C18H31IN4O2. The molecule has 1 fully saturated rings. The van der Waals surface area contributed by atoms with Crippen LogP contribution in [0.15, 0.2) is 29.3 Å². The molecule has 3 N–H and O–H groups in total. The van der Waals surface area contributed by atoms with Crippen LogP contribution in [0.1, 0.15) is 25.3 Å². The maximum absolute atomic E-state index is 5.98. The number of nitrogens with two attached hydrogens (primary N) is 1. The Kier molecular flexibility index (Phi) is 10.8. The third-order valence-electron chi connectivity index (χ3n) is 4.34. The average Bonchev–Trinajstić information content (AvgIpc) is 3.07. The number of halogens is 1. The number of rotatable bonds is 9. The third kappa shape index (κ3) is 7.79. The Morgan fingerprint density at radius 3 is 2.76 bits per heavy atom. The zero-order valence-electron chi connectivity index (χ0n) is 15.2. The number of likely N-dealkylation sites (N-methyl/N-ethyl adjacent to an activating group) is 1. The van der Waals surface area contributed by atoms with E-state index in [2.05, 4.69) is 22.1 Å². The number of hydrogen-bond acceptors (Lipinski definition) is 4. The summed E-state index contributed by atoms with van der Waals surface area (Å²) in [6.07, 6.45) is 2.51. The fraction of sp³-hybridized carbons (Fsp3) is 0.611. The quantitative estimate of drug-likeness (QED) is 0.255. The van der Waals surface area contributed by atoms with Crippen LogP contribution in [0.25, 0.3) is 0 Å². The Morgan fingerprint density at radius 1 is 1.32 bits per heavy atom. The van der Waals surface area contributed by atoms with Crippen LogP contribution in [0.2, 0.25) is 0 Å². The molecular weight excluding hydrogens is 431 g/mol. The summed E-state index contributed by atoms with van der Waals surface area (Å²) in [5.41, 5.74) is 7.09. The SMILES string of the molecule is CCN1CCCC1CNC(N)=NCc1ccc(OCCOC)cc1.I. The van der Waals surface area contributed by atoms with Gasteiger partial charge in [-0.15, -0.1) is 24.0 Å². The molecule has 1 unspecified atom stereocenters. The first-order valence-electron chi connectivity index (χ1n) is 8.71. The van der Waals surface area contributed by atoms with Gasteiger partial charge in [-0.2, -0.15) is 0 Å². The fourth-order valence-electron chi connectivity index (χ4n) is 2.93. The molecule has 0 aliphatic carbocycles. The van der Waals surface area contributed by atoms with Gasteiger partial charge in [0.1, 0.15) is 12.4 Å². The van der Waals surface area contributed by atoms with Crippen LogP contribution in [0.5, 0.6) is 5.75 Å². The summed E-state index contributed by atoms with van der Waals surface area (Å²) >= 11 is 0. The lowest BCUT2D eigenvalue weighted by Crippen LogP contribution is -2.42. The highest BCUT2D eigenvalue weighted by molar-refractivity contribution is 14.0. The summed E-state index contributed by atoms with van der Waals surface area (Å²) in [5.74, 6) is 1.35. The van der Waals surface area contributed by atoms with Gasteiger partial charge in [0.15, 0.2) is 5.96 Å². The second-order valence-corrected chi connectivity index (χ2v) is 5.99. The number of nitrogens with zero attached hydrogens (tertiary/aromatic N) is 2. The Hall–Kier alpha value is -1.06. The van der Waals surface area contributed by atoms with E-state index < -0.39 is 0 Å². The van der Waals surface area contributed by atoms with E-state index in [1.54, 1.807) is 7.11 Å². The van der Waals surface area contributed by atoms with Crippen molar-refractivity contribution in [1.82, 2.24) is 10.2 Å². The Morgan fingerprint density at radius 2 is 2.08 bits per heavy atom. The predicted octanol–water partition coefficient (Wildman–Crippen LogP) is 2.22. The van der Waals surface area contributed by atoms with Crippen molar-refractivity contribution in [2.75, 3.05) is 40.0 Å². The van der Waals surface area contributed by atoms with E-state index in [4.69, 9.17) is 15.2 Å². The van der Waals surface area contributed by atoms with E-state index in [0.717, 1.165) is 24.4 Å². The lowest BCUT2D eigenvalue weighted by molar-refractivity contribution is 0.146. The van der Waals surface area contributed by atoms with Crippen molar-refractivity contribution in [3.05, 3.63) is 29.8 Å². The maximum atomic E-state index is 5.98. The van der Waals surface area contributed by atoms with Crippen LogP contribution in [-0.4, -0.2) is 56.9 Å². The minimum Gasteiger partial charge on any atom is -0.491 e. The first-order valence-corrected chi connectivity index (χ1v) is 8.71. The molecule has 0 amide bonds. The normalized spacial score (nSPS) is 18.0. The molecule has 1 heterocycles. The molecule has 25 heavy (non-hydrogen) atoms. The summed E-state index contributed by atoms with van der Waals surface area (Å²) in [6, 6.07) is 8.49. The van der Waals surface area contributed by atoms with Gasteiger partial charge in [-0.1, -0.05) is 19.1 Å². The topological polar surface area (TPSA) is 72.1 Å². The van der Waals surface area contributed by atoms with Crippen molar-refractivity contribution >= 4 is 29.9 Å². The number of ether oxygens (including phenoxy) is 2. The van der Waals surface area contributed by atoms with Crippen LogP contribution < -0.4 is 15.8 Å². The fourth-order valence-corrected chi connectivity index (χ4v) is 2.93. The molecule has 1 aromatic carbocycles. The largest absolute Gasteiger partial charge is 0.491 e. The number of hydrogen-bond donors (Lipinski definition) is 2. The lowest BCUT2D eigenvalue weighted by Gasteiger charge is -2.23. The van der Waals surface area contributed by atoms with Gasteiger partial charge >= 0.3 is 0 Å². The second-order valence-electron chi connectivity index (χ2n) is 5.99. The van der Waals surface area contributed by atoms with E-state index in [1.807, 2.05) is 24.3 Å². The minimum absolute atomic E-state index is 0. The van der Waals surface area contributed by atoms with Gasteiger partial charge in [-0.05, 0) is 43.6 Å². The van der Waals surface area contributed by atoms with Gasteiger partial charge in [0.25, 0.3) is 0 Å². The van der Waals surface area contributed by atoms with Crippen molar-refractivity contribution in [1.29, 1.82) is 0 Å². The van der Waals surface area contributed by atoms with Gasteiger partial charge in [0.2, 0.25) is 0 Å². The van der Waals surface area contributed by atoms with Crippen molar-refractivity contribution in [2.24, 2.45) is 10.7 Å². The Labute approximate surface area is 168 Å². The highest BCUT2D eigenvalue weighted by atomic mass is 127. The monoisotopic (exact) mass is 462 g/mol. The molecule has 0 radical (unpaired) electrons. The molecule has 1 aliphatic heterocycles. The molecule has 0 saturated carbocycles. The van der Waals surface area contributed by atoms with Crippen molar-refractivity contribution in [3.8, 4) is 5.75 Å². The van der Waals surface area contributed by atoms with Crippen molar-refractivity contribution in [3.63, 3.8) is 0 Å². The highest BCUT2D eigenvalue weighted by Gasteiger charge is 2.22. The van der Waals surface area contributed by atoms with E-state index in [1.165, 1.54) is 19.4 Å². The second kappa shape index (κ2) is 12.3. The van der Waals surface area contributed by atoms with Crippen molar-refractivity contribution < 1.29 is 9.47 Å². The van der Waals surface area contributed by atoms with Crippen molar-refractivity contribution in [2.45, 2.75) is 32.4 Å². The Bertz CT molecular complexity index is 510. The van der Waals surface area contributed by atoms with Gasteiger partial charge in [0.05, 0.1) is 13.2 Å². The summed E-state index contributed by atoms with van der Waals surface area (Å²) in [6.45, 7) is 7.08. The minimum atomic E-state index is 0. The van der Waals surface area contributed by atoms with Gasteiger partial charge in [-0.3, -0.25) is 4.90 Å². The lowest BCUT2D eigenvalue weighted by atomic mass is 10.2. The number of likely N-dealkylation sites (tertiary alicyclic amines) is 1. The van der Waals surface area contributed by atoms with E-state index in [0.29, 0.717) is 31.8 Å². The highest BCUT2D eigenvalue weighted by Crippen LogP contribution is 2.15. The molecule has 0 bridgehead atoms. The molecule has 1 saturated heterocycles. The molecule has 1 aliphatic rings. The molecule has 0 spiro atoms. The molecule has 0 aromatic heterocycles. The summed E-state index contributed by atoms with van der Waals surface area (Å²) in [5, 5.41) is 3.25. The van der Waals surface area contributed by atoms with Crippen LogP contribution in [0.4, 0.5) is 0 Å². The maximum Gasteiger partial charge on any atom is 0.188 e. The first-order chi connectivity index (χ1) is 11.7. The van der Waals surface area contributed by atoms with Crippen LogP contribution in [0.3, 0.4) is 0 Å². The van der Waals surface area contributed by atoms with E-state index in [-0.39, 0.29) is 24.0 Å². The van der Waals surface area contributed by atoms with E-state index >= 15 is 0 Å². The van der Waals surface area contributed by atoms with Gasteiger partial charge in [0, 0.05) is 19.7 Å². The number of methoxy groups -OCH3 is 1. The molecule has 142 valence electrons. The molecule has 7 heteroatoms. The summed E-state index contributed by atoms with van der Waals surface area (Å²) in [4.78, 5) is 6.90. The standard InChI is InChI=1S/C18H30N4O2.HI/c1-3-22-10-4-5-16(22)14-21-18(19)20-13-15-6-8-17(9-7-15)24-12-11-23-2;/h6-9,16H,3-5,10-14H2,1-2H3,(H3,19,20,21);1H. The van der Waals surface area contributed by atoms with Crippen LogP contribution >= 0.6 is 24.0 Å². The first kappa shape index (κ1) is 22.0. The molecule has 2 rings (SSSR count).